The van der Waals surface area contributed by atoms with E-state index in [1.807, 2.05) is 48.1 Å². The molecule has 0 aromatic carbocycles. The van der Waals surface area contributed by atoms with Gasteiger partial charge in [0.2, 0.25) is 5.91 Å². The first-order valence-corrected chi connectivity index (χ1v) is 10.5. The highest BCUT2D eigenvalue weighted by molar-refractivity contribution is 5.94. The highest BCUT2D eigenvalue weighted by Gasteiger charge is 2.24. The molecular weight excluding hydrogens is 380 g/mol. The number of nitrogens with zero attached hydrogens (tertiary/aromatic N) is 5. The maximum Gasteiger partial charge on any atom is 0.255 e. The molecule has 1 aliphatic rings. The van der Waals surface area contributed by atoms with E-state index >= 15 is 0 Å². The zero-order chi connectivity index (χ0) is 21.3. The fourth-order valence-corrected chi connectivity index (χ4v) is 3.50. The molecule has 2 amide bonds. The van der Waals surface area contributed by atoms with Crippen molar-refractivity contribution in [3.63, 3.8) is 0 Å². The molecule has 0 unspecified atom stereocenters. The van der Waals surface area contributed by atoms with Crippen molar-refractivity contribution in [2.24, 2.45) is 0 Å². The monoisotopic (exact) mass is 410 g/mol. The van der Waals surface area contributed by atoms with Gasteiger partial charge < -0.3 is 9.80 Å². The lowest BCUT2D eigenvalue weighted by molar-refractivity contribution is -0.132. The van der Waals surface area contributed by atoms with E-state index in [1.54, 1.807) is 23.4 Å². The lowest BCUT2D eigenvalue weighted by Crippen LogP contribution is -2.50. The van der Waals surface area contributed by atoms with Crippen molar-refractivity contribution in [1.29, 1.82) is 0 Å². The Bertz CT molecular complexity index is 819. The zero-order valence-corrected chi connectivity index (χ0v) is 17.8. The van der Waals surface area contributed by atoms with E-state index in [2.05, 4.69) is 15.4 Å². The largest absolute Gasteiger partial charge is 0.339 e. The molecule has 0 saturated carbocycles. The Morgan fingerprint density at radius 2 is 1.77 bits per heavy atom. The number of piperazine rings is 1. The summed E-state index contributed by atoms with van der Waals surface area (Å²) >= 11 is 0. The number of amides is 2. The minimum atomic E-state index is -0.0468. The van der Waals surface area contributed by atoms with Crippen molar-refractivity contribution in [2.45, 2.75) is 19.8 Å². The van der Waals surface area contributed by atoms with E-state index in [0.717, 1.165) is 30.9 Å². The van der Waals surface area contributed by atoms with Crippen molar-refractivity contribution >= 4 is 11.8 Å². The van der Waals surface area contributed by atoms with Gasteiger partial charge >= 0.3 is 0 Å². The molecule has 0 radical (unpaired) electrons. The highest BCUT2D eigenvalue weighted by atomic mass is 16.2. The number of hydrogen-bond donors (Lipinski definition) is 1. The quantitative estimate of drug-likeness (QED) is 0.667. The summed E-state index contributed by atoms with van der Waals surface area (Å²) in [6.07, 6.45) is 4.67. The number of carbonyl (C=O) groups excluding carboxylic acids is 2. The third kappa shape index (κ3) is 5.84. The molecule has 160 valence electrons. The summed E-state index contributed by atoms with van der Waals surface area (Å²) in [6, 6.07) is 9.26. The van der Waals surface area contributed by atoms with Crippen LogP contribution in [0.1, 0.15) is 30.1 Å². The average Bonchev–Trinajstić information content (AvgIpc) is 2.79. The molecule has 8 heteroatoms. The van der Waals surface area contributed by atoms with Crippen molar-refractivity contribution in [1.82, 2.24) is 30.2 Å². The minimum Gasteiger partial charge on any atom is -0.339 e. The van der Waals surface area contributed by atoms with Gasteiger partial charge in [-0.1, -0.05) is 13.0 Å². The Kier molecular flexibility index (Phi) is 7.87. The third-order valence-electron chi connectivity index (χ3n) is 5.17. The summed E-state index contributed by atoms with van der Waals surface area (Å²) in [5.74, 6) is 0.114. The molecule has 2 aromatic rings. The van der Waals surface area contributed by atoms with Crippen molar-refractivity contribution in [2.75, 3.05) is 46.3 Å². The first-order valence-electron chi connectivity index (χ1n) is 10.5. The van der Waals surface area contributed by atoms with E-state index in [4.69, 9.17) is 0 Å². The van der Waals surface area contributed by atoms with Crippen LogP contribution in [0.15, 0.2) is 42.7 Å². The van der Waals surface area contributed by atoms with Crippen molar-refractivity contribution in [3.8, 4) is 11.4 Å². The van der Waals surface area contributed by atoms with Crippen LogP contribution >= 0.6 is 0 Å². The van der Waals surface area contributed by atoms with Gasteiger partial charge in [0.15, 0.2) is 0 Å². The number of carbonyl (C=O) groups is 2. The topological polar surface area (TPSA) is 81.7 Å². The molecule has 3 heterocycles. The zero-order valence-electron chi connectivity index (χ0n) is 17.8. The average molecular weight is 411 g/mol. The molecule has 0 aliphatic carbocycles. The maximum atomic E-state index is 12.8. The molecular formula is C22H30N6O2. The van der Waals surface area contributed by atoms with E-state index < -0.39 is 0 Å². The summed E-state index contributed by atoms with van der Waals surface area (Å²) in [7, 11) is 1.98. The van der Waals surface area contributed by atoms with Crippen LogP contribution < -0.4 is 5.43 Å². The minimum absolute atomic E-state index is 0.0468. The van der Waals surface area contributed by atoms with Gasteiger partial charge in [0.25, 0.3) is 5.91 Å². The van der Waals surface area contributed by atoms with Crippen LogP contribution in [0.3, 0.4) is 0 Å². The number of hydrogen-bond acceptors (Lipinski definition) is 6. The molecule has 2 aromatic heterocycles. The lowest BCUT2D eigenvalue weighted by atomic mass is 10.1. The molecule has 1 fully saturated rings. The van der Waals surface area contributed by atoms with E-state index in [0.29, 0.717) is 38.2 Å². The van der Waals surface area contributed by atoms with Crippen LogP contribution in [0.5, 0.6) is 0 Å². The molecule has 1 N–H and O–H groups in total. The number of pyridine rings is 2. The molecule has 3 rings (SSSR count). The predicted molar refractivity (Wildman–Crippen MR) is 115 cm³/mol. The molecule has 0 atom stereocenters. The molecule has 8 nitrogen and oxygen atoms in total. The Morgan fingerprint density at radius 3 is 2.40 bits per heavy atom. The number of hydrazine groups is 1. The third-order valence-corrected chi connectivity index (χ3v) is 5.17. The normalized spacial score (nSPS) is 14.2. The van der Waals surface area contributed by atoms with Crippen LogP contribution in [-0.4, -0.2) is 82.9 Å². The standard InChI is InChI=1S/C22H30N6O2/c1-3-25-26(2)12-6-8-21(29)27-13-15-28(16-14-27)22(30)18-9-10-20(24-17-18)19-7-4-5-11-23-19/h4-5,7,9-11,17,25H,3,6,8,12-16H2,1-2H3. The SMILES string of the molecule is CCNN(C)CCCC(=O)N1CCN(C(=O)c2ccc(-c3ccccn3)nc2)CC1. The van der Waals surface area contributed by atoms with Gasteiger partial charge in [-0.15, -0.1) is 0 Å². The Balaban J connectivity index is 1.46. The van der Waals surface area contributed by atoms with Gasteiger partial charge in [-0.3, -0.25) is 25.0 Å². The fraction of sp³-hybridized carbons (Fsp3) is 0.455. The van der Waals surface area contributed by atoms with Gasteiger partial charge in [0, 0.05) is 65.1 Å². The van der Waals surface area contributed by atoms with Gasteiger partial charge in [-0.2, -0.15) is 0 Å². The molecule has 1 saturated heterocycles. The van der Waals surface area contributed by atoms with Gasteiger partial charge in [-0.05, 0) is 30.7 Å². The predicted octanol–water partition coefficient (Wildman–Crippen LogP) is 1.66. The van der Waals surface area contributed by atoms with Gasteiger partial charge in [0.1, 0.15) is 0 Å². The Labute approximate surface area is 177 Å². The summed E-state index contributed by atoms with van der Waals surface area (Å²) < 4.78 is 0. The van der Waals surface area contributed by atoms with Crippen molar-refractivity contribution < 1.29 is 9.59 Å². The molecule has 30 heavy (non-hydrogen) atoms. The van der Waals surface area contributed by atoms with E-state index in [9.17, 15) is 9.59 Å². The van der Waals surface area contributed by atoms with Crippen molar-refractivity contribution in [3.05, 3.63) is 48.3 Å². The number of nitrogens with one attached hydrogen (secondary N) is 1. The Hall–Kier alpha value is -2.84. The van der Waals surface area contributed by atoms with Crippen LogP contribution in [0.25, 0.3) is 11.4 Å². The van der Waals surface area contributed by atoms with Crippen LogP contribution in [-0.2, 0) is 4.79 Å². The smallest absolute Gasteiger partial charge is 0.255 e. The Morgan fingerprint density at radius 1 is 1.03 bits per heavy atom. The van der Waals surface area contributed by atoms with Crippen LogP contribution in [0, 0.1) is 0 Å². The first-order chi connectivity index (χ1) is 14.6. The molecule has 1 aliphatic heterocycles. The number of aromatic nitrogens is 2. The summed E-state index contributed by atoms with van der Waals surface area (Å²) in [4.78, 5) is 37.5. The van der Waals surface area contributed by atoms with Gasteiger partial charge in [0.05, 0.1) is 17.0 Å². The summed E-state index contributed by atoms with van der Waals surface area (Å²) in [5, 5.41) is 2.01. The van der Waals surface area contributed by atoms with E-state index in [-0.39, 0.29) is 11.8 Å². The second-order valence-electron chi connectivity index (χ2n) is 7.36. The van der Waals surface area contributed by atoms with Crippen LogP contribution in [0.4, 0.5) is 0 Å². The fourth-order valence-electron chi connectivity index (χ4n) is 3.50. The molecule has 0 bridgehead atoms. The first kappa shape index (κ1) is 21.9. The maximum absolute atomic E-state index is 12.8. The summed E-state index contributed by atoms with van der Waals surface area (Å²) in [5.41, 5.74) is 5.27. The van der Waals surface area contributed by atoms with Gasteiger partial charge in [-0.25, -0.2) is 5.01 Å². The highest BCUT2D eigenvalue weighted by Crippen LogP contribution is 2.15. The van der Waals surface area contributed by atoms with Crippen LogP contribution in [0.2, 0.25) is 0 Å². The second kappa shape index (κ2) is 10.8. The lowest BCUT2D eigenvalue weighted by Gasteiger charge is -2.35. The second-order valence-corrected chi connectivity index (χ2v) is 7.36. The molecule has 0 spiro atoms. The number of rotatable bonds is 8. The summed E-state index contributed by atoms with van der Waals surface area (Å²) in [6.45, 7) is 6.00. The van der Waals surface area contributed by atoms with E-state index in [1.165, 1.54) is 0 Å².